The highest BCUT2D eigenvalue weighted by Gasteiger charge is 2.48. The Balaban J connectivity index is 1.70. The van der Waals surface area contributed by atoms with Gasteiger partial charge in [-0.05, 0) is 18.9 Å². The molecule has 2 saturated heterocycles. The van der Waals surface area contributed by atoms with Gasteiger partial charge < -0.3 is 15.2 Å². The molecule has 1 aromatic rings. The fourth-order valence-corrected chi connectivity index (χ4v) is 2.70. The van der Waals surface area contributed by atoms with Crippen LogP contribution in [0.1, 0.15) is 23.2 Å². The molecule has 0 saturated carbocycles. The molecule has 0 radical (unpaired) electrons. The van der Waals surface area contributed by atoms with Gasteiger partial charge in [0, 0.05) is 25.4 Å². The van der Waals surface area contributed by atoms with Crippen LogP contribution >= 0.6 is 0 Å². The summed E-state index contributed by atoms with van der Waals surface area (Å²) in [5.74, 6) is -0.533. The Hall–Kier alpha value is -2.64. The summed E-state index contributed by atoms with van der Waals surface area (Å²) in [4.78, 5) is 50.4. The van der Waals surface area contributed by atoms with Gasteiger partial charge in [0.2, 0.25) is 5.56 Å². The Morgan fingerprint density at radius 3 is 2.38 bits per heavy atom. The van der Waals surface area contributed by atoms with Crippen LogP contribution < -0.4 is 16.2 Å². The SMILES string of the molecule is O=C1NC(=O)C2(CCN(C(=O)c3ccc(=O)[nH]c3)CC2)N1. The number of rotatable bonds is 1. The number of pyridine rings is 1. The zero-order valence-corrected chi connectivity index (χ0v) is 11.1. The number of imide groups is 1. The van der Waals surface area contributed by atoms with Crippen molar-refractivity contribution in [2.24, 2.45) is 0 Å². The Bertz CT molecular complexity index is 652. The number of hydrogen-bond donors (Lipinski definition) is 3. The summed E-state index contributed by atoms with van der Waals surface area (Å²) in [5, 5.41) is 4.87. The van der Waals surface area contributed by atoms with E-state index < -0.39 is 11.6 Å². The lowest BCUT2D eigenvalue weighted by atomic mass is 9.87. The van der Waals surface area contributed by atoms with Crippen LogP contribution in [-0.2, 0) is 4.79 Å². The molecule has 3 rings (SSSR count). The molecule has 8 heteroatoms. The first kappa shape index (κ1) is 13.3. The van der Waals surface area contributed by atoms with E-state index in [-0.39, 0.29) is 17.4 Å². The molecule has 8 nitrogen and oxygen atoms in total. The lowest BCUT2D eigenvalue weighted by Crippen LogP contribution is -2.55. The van der Waals surface area contributed by atoms with Crippen LogP contribution in [0.4, 0.5) is 4.79 Å². The lowest BCUT2D eigenvalue weighted by Gasteiger charge is -2.36. The number of aromatic amines is 1. The molecule has 4 amide bonds. The van der Waals surface area contributed by atoms with Gasteiger partial charge >= 0.3 is 6.03 Å². The second-order valence-corrected chi connectivity index (χ2v) is 5.22. The number of nitrogens with one attached hydrogen (secondary N) is 3. The molecule has 1 spiro atoms. The molecule has 0 aromatic carbocycles. The van der Waals surface area contributed by atoms with E-state index in [9.17, 15) is 19.2 Å². The molecule has 3 N–H and O–H groups in total. The molecule has 110 valence electrons. The Morgan fingerprint density at radius 1 is 1.14 bits per heavy atom. The molecular weight excluding hydrogens is 276 g/mol. The van der Waals surface area contributed by atoms with Gasteiger partial charge in [0.1, 0.15) is 5.54 Å². The molecule has 3 heterocycles. The number of likely N-dealkylation sites (tertiary alicyclic amines) is 1. The average Bonchev–Trinajstić information content (AvgIpc) is 2.74. The molecule has 0 unspecified atom stereocenters. The van der Waals surface area contributed by atoms with Crippen molar-refractivity contribution in [1.29, 1.82) is 0 Å². The third kappa shape index (κ3) is 2.28. The van der Waals surface area contributed by atoms with E-state index in [4.69, 9.17) is 0 Å². The van der Waals surface area contributed by atoms with Crippen molar-refractivity contribution in [3.63, 3.8) is 0 Å². The highest BCUT2D eigenvalue weighted by molar-refractivity contribution is 6.07. The van der Waals surface area contributed by atoms with Crippen molar-refractivity contribution in [2.45, 2.75) is 18.4 Å². The number of carbonyl (C=O) groups excluding carboxylic acids is 3. The number of urea groups is 1. The topological polar surface area (TPSA) is 111 Å². The highest BCUT2D eigenvalue weighted by atomic mass is 16.2. The van der Waals surface area contributed by atoms with Gasteiger partial charge in [-0.15, -0.1) is 0 Å². The van der Waals surface area contributed by atoms with Crippen LogP contribution in [0.5, 0.6) is 0 Å². The molecule has 0 atom stereocenters. The van der Waals surface area contributed by atoms with Crippen molar-refractivity contribution >= 4 is 17.8 Å². The summed E-state index contributed by atoms with van der Waals surface area (Å²) in [5.41, 5.74) is -0.765. The average molecular weight is 290 g/mol. The summed E-state index contributed by atoms with van der Waals surface area (Å²) in [7, 11) is 0. The van der Waals surface area contributed by atoms with Gasteiger partial charge in [-0.2, -0.15) is 0 Å². The van der Waals surface area contributed by atoms with Gasteiger partial charge in [-0.25, -0.2) is 4.79 Å². The van der Waals surface area contributed by atoms with E-state index in [1.165, 1.54) is 18.3 Å². The number of amides is 4. The summed E-state index contributed by atoms with van der Waals surface area (Å²) in [6, 6.07) is 2.28. The minimum Gasteiger partial charge on any atom is -0.338 e. The van der Waals surface area contributed by atoms with Crippen LogP contribution in [0, 0.1) is 0 Å². The number of hydrogen-bond acceptors (Lipinski definition) is 4. The van der Waals surface area contributed by atoms with Gasteiger partial charge in [0.15, 0.2) is 0 Å². The number of carbonyl (C=O) groups is 3. The zero-order valence-electron chi connectivity index (χ0n) is 11.1. The van der Waals surface area contributed by atoms with Crippen LogP contribution in [-0.4, -0.2) is 46.4 Å². The molecule has 2 fully saturated rings. The van der Waals surface area contributed by atoms with Crippen molar-refractivity contribution in [3.8, 4) is 0 Å². The van der Waals surface area contributed by atoms with Crippen LogP contribution in [0.25, 0.3) is 0 Å². The molecule has 0 aliphatic carbocycles. The van der Waals surface area contributed by atoms with Crippen LogP contribution in [0.15, 0.2) is 23.1 Å². The smallest absolute Gasteiger partial charge is 0.322 e. The third-order valence-electron chi connectivity index (χ3n) is 3.95. The van der Waals surface area contributed by atoms with E-state index in [0.717, 1.165) is 0 Å². The van der Waals surface area contributed by atoms with E-state index in [1.807, 2.05) is 0 Å². The monoisotopic (exact) mass is 290 g/mol. The van der Waals surface area contributed by atoms with Gasteiger partial charge in [0.25, 0.3) is 11.8 Å². The summed E-state index contributed by atoms with van der Waals surface area (Å²) < 4.78 is 0. The second-order valence-electron chi connectivity index (χ2n) is 5.22. The Kier molecular flexibility index (Phi) is 3.00. The molecule has 2 aliphatic heterocycles. The van der Waals surface area contributed by atoms with Gasteiger partial charge in [0.05, 0.1) is 5.56 Å². The molecule has 21 heavy (non-hydrogen) atoms. The fourth-order valence-electron chi connectivity index (χ4n) is 2.70. The number of H-pyrrole nitrogens is 1. The second kappa shape index (κ2) is 4.72. The lowest BCUT2D eigenvalue weighted by molar-refractivity contribution is -0.125. The van der Waals surface area contributed by atoms with Gasteiger partial charge in [-0.1, -0.05) is 0 Å². The van der Waals surface area contributed by atoms with Crippen molar-refractivity contribution in [3.05, 3.63) is 34.2 Å². The first-order valence-electron chi connectivity index (χ1n) is 6.62. The first-order valence-corrected chi connectivity index (χ1v) is 6.62. The molecule has 2 aliphatic rings. The Labute approximate surface area is 119 Å². The summed E-state index contributed by atoms with van der Waals surface area (Å²) >= 11 is 0. The minimum absolute atomic E-state index is 0.203. The first-order chi connectivity index (χ1) is 10.00. The normalized spacial score (nSPS) is 20.3. The highest BCUT2D eigenvalue weighted by Crippen LogP contribution is 2.26. The maximum Gasteiger partial charge on any atom is 0.322 e. The van der Waals surface area contributed by atoms with E-state index in [2.05, 4.69) is 15.6 Å². The van der Waals surface area contributed by atoms with Crippen molar-refractivity contribution in [1.82, 2.24) is 20.5 Å². The van der Waals surface area contributed by atoms with Gasteiger partial charge in [-0.3, -0.25) is 19.7 Å². The van der Waals surface area contributed by atoms with Crippen molar-refractivity contribution < 1.29 is 14.4 Å². The third-order valence-corrected chi connectivity index (χ3v) is 3.95. The Morgan fingerprint density at radius 2 is 1.86 bits per heavy atom. The zero-order chi connectivity index (χ0) is 15.0. The summed E-state index contributed by atoms with van der Waals surface area (Å²) in [6.07, 6.45) is 2.12. The fraction of sp³-hybridized carbons (Fsp3) is 0.385. The largest absolute Gasteiger partial charge is 0.338 e. The predicted molar refractivity (Wildman–Crippen MR) is 71.6 cm³/mol. The number of nitrogens with zero attached hydrogens (tertiary/aromatic N) is 1. The maximum atomic E-state index is 12.3. The predicted octanol–water partition coefficient (Wildman–Crippen LogP) is -0.811. The number of aromatic nitrogens is 1. The van der Waals surface area contributed by atoms with Crippen LogP contribution in [0.2, 0.25) is 0 Å². The molecular formula is C13H14N4O4. The minimum atomic E-state index is -0.890. The number of piperidine rings is 1. The maximum absolute atomic E-state index is 12.3. The van der Waals surface area contributed by atoms with Crippen molar-refractivity contribution in [2.75, 3.05) is 13.1 Å². The van der Waals surface area contributed by atoms with E-state index in [1.54, 1.807) is 4.90 Å². The molecule has 1 aromatic heterocycles. The summed E-state index contributed by atoms with van der Waals surface area (Å²) in [6.45, 7) is 0.733. The van der Waals surface area contributed by atoms with E-state index in [0.29, 0.717) is 31.5 Å². The van der Waals surface area contributed by atoms with Crippen LogP contribution in [0.3, 0.4) is 0 Å². The van der Waals surface area contributed by atoms with E-state index >= 15 is 0 Å². The molecule has 0 bridgehead atoms. The quantitative estimate of drug-likeness (QED) is 0.587. The standard InChI is InChI=1S/C13H14N4O4/c18-9-2-1-8(7-14-9)10(19)17-5-3-13(4-6-17)11(20)15-12(21)16-13/h1-2,7H,3-6H2,(H,14,18)(H2,15,16,20,21).